The molecule has 4 nitrogen and oxygen atoms in total. The number of ether oxygens (including phenoxy) is 1. The number of rotatable bonds is 4. The monoisotopic (exact) mass is 351 g/mol. The molecule has 4 rings (SSSR count). The Labute approximate surface area is 154 Å². The van der Waals surface area contributed by atoms with Gasteiger partial charge in [-0.15, -0.1) is 0 Å². The second-order valence-electron chi connectivity index (χ2n) is 7.45. The molecule has 1 saturated carbocycles. The van der Waals surface area contributed by atoms with E-state index in [2.05, 4.69) is 24.3 Å². The van der Waals surface area contributed by atoms with Gasteiger partial charge in [0, 0.05) is 13.0 Å². The van der Waals surface area contributed by atoms with Crippen LogP contribution in [0.4, 0.5) is 4.79 Å². The Bertz CT molecular complexity index is 765. The molecule has 1 amide bonds. The molecule has 4 heteroatoms. The number of hydrogen-bond donors (Lipinski definition) is 1. The summed E-state index contributed by atoms with van der Waals surface area (Å²) in [6, 6.07) is 16.6. The van der Waals surface area contributed by atoms with E-state index in [0.29, 0.717) is 6.61 Å². The van der Waals surface area contributed by atoms with E-state index in [4.69, 9.17) is 4.74 Å². The molecule has 2 aromatic rings. The van der Waals surface area contributed by atoms with Crippen molar-refractivity contribution >= 4 is 6.09 Å². The van der Waals surface area contributed by atoms with Crippen molar-refractivity contribution in [2.24, 2.45) is 0 Å². The first-order chi connectivity index (χ1) is 12.7. The van der Waals surface area contributed by atoms with Gasteiger partial charge in [-0.3, -0.25) is 0 Å². The molecule has 0 aliphatic heterocycles. The quantitative estimate of drug-likeness (QED) is 0.899. The standard InChI is InChI=1S/C22H25NO3/c1-23(22(15-24)12-6-7-13-22)21(25)26-14-20-18-10-4-2-8-16(18)17-9-3-5-11-19(17)20/h2-5,8-11,20,24H,6-7,12-15H2,1H3. The van der Waals surface area contributed by atoms with Gasteiger partial charge in [-0.2, -0.15) is 0 Å². The molecule has 0 unspecified atom stereocenters. The van der Waals surface area contributed by atoms with E-state index in [-0.39, 0.29) is 18.6 Å². The molecule has 0 radical (unpaired) electrons. The van der Waals surface area contributed by atoms with Gasteiger partial charge in [-0.05, 0) is 35.1 Å². The average molecular weight is 351 g/mol. The Morgan fingerprint density at radius 1 is 1.08 bits per heavy atom. The lowest BCUT2D eigenvalue weighted by molar-refractivity contribution is 0.0335. The smallest absolute Gasteiger partial charge is 0.410 e. The second kappa shape index (κ2) is 6.76. The Hall–Kier alpha value is -2.33. The van der Waals surface area contributed by atoms with E-state index in [1.54, 1.807) is 11.9 Å². The van der Waals surface area contributed by atoms with Crippen molar-refractivity contribution in [3.63, 3.8) is 0 Å². The van der Waals surface area contributed by atoms with Crippen LogP contribution in [-0.2, 0) is 4.74 Å². The Morgan fingerprint density at radius 2 is 1.62 bits per heavy atom. The summed E-state index contributed by atoms with van der Waals surface area (Å²) in [4.78, 5) is 14.3. The highest BCUT2D eigenvalue weighted by Gasteiger charge is 2.40. The van der Waals surface area contributed by atoms with Crippen molar-refractivity contribution in [3.05, 3.63) is 59.7 Å². The van der Waals surface area contributed by atoms with Crippen LogP contribution in [0.15, 0.2) is 48.5 Å². The van der Waals surface area contributed by atoms with Crippen molar-refractivity contribution in [3.8, 4) is 11.1 Å². The van der Waals surface area contributed by atoms with Gasteiger partial charge in [0.2, 0.25) is 0 Å². The molecule has 26 heavy (non-hydrogen) atoms. The summed E-state index contributed by atoms with van der Waals surface area (Å²) < 4.78 is 5.72. The van der Waals surface area contributed by atoms with E-state index in [9.17, 15) is 9.90 Å². The lowest BCUT2D eigenvalue weighted by atomic mass is 9.97. The summed E-state index contributed by atoms with van der Waals surface area (Å²) in [7, 11) is 1.75. The number of aliphatic hydroxyl groups excluding tert-OH is 1. The SMILES string of the molecule is CN(C(=O)OCC1c2ccccc2-c2ccccc21)C1(CO)CCCC1. The van der Waals surface area contributed by atoms with Crippen LogP contribution in [0.3, 0.4) is 0 Å². The lowest BCUT2D eigenvalue weighted by Crippen LogP contribution is -2.50. The maximum Gasteiger partial charge on any atom is 0.410 e. The lowest BCUT2D eigenvalue weighted by Gasteiger charge is -2.36. The molecular weight excluding hydrogens is 326 g/mol. The molecule has 2 aliphatic carbocycles. The molecule has 0 aromatic heterocycles. The zero-order valence-electron chi connectivity index (χ0n) is 15.1. The Balaban J connectivity index is 1.52. The van der Waals surface area contributed by atoms with Crippen LogP contribution in [-0.4, -0.2) is 41.9 Å². The molecule has 1 fully saturated rings. The van der Waals surface area contributed by atoms with E-state index in [0.717, 1.165) is 25.7 Å². The minimum absolute atomic E-state index is 0.00625. The van der Waals surface area contributed by atoms with Crippen LogP contribution in [0.5, 0.6) is 0 Å². The van der Waals surface area contributed by atoms with Crippen molar-refractivity contribution in [2.45, 2.75) is 37.1 Å². The fraction of sp³-hybridized carbons (Fsp3) is 0.409. The highest BCUT2D eigenvalue weighted by molar-refractivity contribution is 5.79. The summed E-state index contributed by atoms with van der Waals surface area (Å²) in [6.07, 6.45) is 3.42. The van der Waals surface area contributed by atoms with Gasteiger partial charge < -0.3 is 14.7 Å². The van der Waals surface area contributed by atoms with Gasteiger partial charge in [0.15, 0.2) is 0 Å². The molecule has 0 heterocycles. The highest BCUT2D eigenvalue weighted by atomic mass is 16.6. The zero-order chi connectivity index (χ0) is 18.1. The molecule has 0 spiro atoms. The number of fused-ring (bicyclic) bond motifs is 3. The molecule has 0 atom stereocenters. The summed E-state index contributed by atoms with van der Waals surface area (Å²) in [5.41, 5.74) is 4.41. The predicted octanol–water partition coefficient (Wildman–Crippen LogP) is 4.17. The van der Waals surface area contributed by atoms with Crippen LogP contribution in [0.1, 0.15) is 42.7 Å². The first kappa shape index (κ1) is 17.1. The van der Waals surface area contributed by atoms with Crippen LogP contribution in [0.2, 0.25) is 0 Å². The number of carbonyl (C=O) groups excluding carboxylic acids is 1. The summed E-state index contributed by atoms with van der Waals surface area (Å²) >= 11 is 0. The molecule has 1 N–H and O–H groups in total. The number of benzene rings is 2. The van der Waals surface area contributed by atoms with Crippen molar-refractivity contribution < 1.29 is 14.6 Å². The molecular formula is C22H25NO3. The van der Waals surface area contributed by atoms with Crippen molar-refractivity contribution in [1.29, 1.82) is 0 Å². The Kier molecular flexibility index (Phi) is 4.45. The number of amides is 1. The van der Waals surface area contributed by atoms with Gasteiger partial charge in [-0.25, -0.2) is 4.79 Å². The zero-order valence-corrected chi connectivity index (χ0v) is 15.1. The van der Waals surface area contributed by atoms with E-state index >= 15 is 0 Å². The maximum atomic E-state index is 12.7. The van der Waals surface area contributed by atoms with E-state index < -0.39 is 5.54 Å². The average Bonchev–Trinajstić information content (AvgIpc) is 3.29. The fourth-order valence-electron chi connectivity index (χ4n) is 4.52. The van der Waals surface area contributed by atoms with Gasteiger partial charge in [-0.1, -0.05) is 61.4 Å². The maximum absolute atomic E-state index is 12.7. The molecule has 2 aromatic carbocycles. The Morgan fingerprint density at radius 3 is 2.15 bits per heavy atom. The molecule has 0 bridgehead atoms. The van der Waals surface area contributed by atoms with E-state index in [1.165, 1.54) is 22.3 Å². The summed E-state index contributed by atoms with van der Waals surface area (Å²) in [5, 5.41) is 9.83. The van der Waals surface area contributed by atoms with E-state index in [1.807, 2.05) is 24.3 Å². The third-order valence-electron chi connectivity index (χ3n) is 6.15. The normalized spacial score (nSPS) is 17.6. The topological polar surface area (TPSA) is 49.8 Å². The number of hydrogen-bond acceptors (Lipinski definition) is 3. The van der Waals surface area contributed by atoms with Gasteiger partial charge in [0.05, 0.1) is 12.1 Å². The van der Waals surface area contributed by atoms with Crippen LogP contribution < -0.4 is 0 Å². The van der Waals surface area contributed by atoms with Gasteiger partial charge in [0.1, 0.15) is 6.61 Å². The second-order valence-corrected chi connectivity index (χ2v) is 7.45. The van der Waals surface area contributed by atoms with Gasteiger partial charge in [0.25, 0.3) is 0 Å². The summed E-state index contributed by atoms with van der Waals surface area (Å²) in [5.74, 6) is 0.0633. The first-order valence-electron chi connectivity index (χ1n) is 9.36. The number of likely N-dealkylation sites (N-methyl/N-ethyl adjacent to an activating group) is 1. The molecule has 0 saturated heterocycles. The minimum Gasteiger partial charge on any atom is -0.448 e. The molecule has 2 aliphatic rings. The largest absolute Gasteiger partial charge is 0.448 e. The van der Waals surface area contributed by atoms with Gasteiger partial charge >= 0.3 is 6.09 Å². The third kappa shape index (κ3) is 2.69. The first-order valence-corrected chi connectivity index (χ1v) is 9.36. The van der Waals surface area contributed by atoms with Crippen molar-refractivity contribution in [1.82, 2.24) is 4.90 Å². The number of carbonyl (C=O) groups is 1. The van der Waals surface area contributed by atoms with Crippen LogP contribution >= 0.6 is 0 Å². The predicted molar refractivity (Wildman–Crippen MR) is 101 cm³/mol. The summed E-state index contributed by atoms with van der Waals surface area (Å²) in [6.45, 7) is 0.312. The molecule has 136 valence electrons. The van der Waals surface area contributed by atoms with Crippen LogP contribution in [0, 0.1) is 0 Å². The fourth-order valence-corrected chi connectivity index (χ4v) is 4.52. The highest BCUT2D eigenvalue weighted by Crippen LogP contribution is 2.44. The minimum atomic E-state index is -0.456. The number of aliphatic hydroxyl groups is 1. The van der Waals surface area contributed by atoms with Crippen molar-refractivity contribution in [2.75, 3.05) is 20.3 Å². The third-order valence-corrected chi connectivity index (χ3v) is 6.15. The van der Waals surface area contributed by atoms with Crippen LogP contribution in [0.25, 0.3) is 11.1 Å². The number of nitrogens with zero attached hydrogens (tertiary/aromatic N) is 1.